The molecule has 3 heteroatoms. The van der Waals surface area contributed by atoms with E-state index in [0.717, 1.165) is 13.0 Å². The predicted molar refractivity (Wildman–Crippen MR) is 125 cm³/mol. The Morgan fingerprint density at radius 2 is 1.14 bits per heavy atom. The molecule has 4 rings (SSSR count). The molecule has 0 saturated carbocycles. The number of hydrogen-bond acceptors (Lipinski definition) is 2. The minimum atomic E-state index is -2.75. The van der Waals surface area contributed by atoms with E-state index in [0.29, 0.717) is 6.04 Å². The van der Waals surface area contributed by atoms with Crippen molar-refractivity contribution in [3.63, 3.8) is 0 Å². The lowest BCUT2D eigenvalue weighted by atomic mass is 9.91. The first-order valence-corrected chi connectivity index (χ1v) is 12.6. The number of nitrogens with zero attached hydrogens (tertiary/aromatic N) is 1. The van der Waals surface area contributed by atoms with Crippen LogP contribution >= 0.6 is 0 Å². The van der Waals surface area contributed by atoms with Crippen LogP contribution in [0.3, 0.4) is 0 Å². The van der Waals surface area contributed by atoms with Crippen LogP contribution in [0.1, 0.15) is 20.3 Å². The van der Waals surface area contributed by atoms with Gasteiger partial charge in [-0.15, -0.1) is 0 Å². The summed E-state index contributed by atoms with van der Waals surface area (Å²) >= 11 is 0. The van der Waals surface area contributed by atoms with E-state index in [1.54, 1.807) is 0 Å². The molecule has 1 heterocycles. The Morgan fingerprint density at radius 1 is 0.759 bits per heavy atom. The SMILES string of the molecule is C[C@@H]1C[C@@](O)([Si](c2ccccc2)(c2ccccc2)c2ccccc2)[C@@H](C)CN1C. The summed E-state index contributed by atoms with van der Waals surface area (Å²) in [6.07, 6.45) is 0.773. The Morgan fingerprint density at radius 3 is 1.52 bits per heavy atom. The molecule has 1 aliphatic heterocycles. The average Bonchev–Trinajstić information content (AvgIpc) is 2.75. The molecule has 29 heavy (non-hydrogen) atoms. The zero-order valence-corrected chi connectivity index (χ0v) is 18.6. The lowest BCUT2D eigenvalue weighted by Gasteiger charge is -2.55. The molecule has 0 aromatic heterocycles. The quantitative estimate of drug-likeness (QED) is 0.537. The second-order valence-corrected chi connectivity index (χ2v) is 12.8. The summed E-state index contributed by atoms with van der Waals surface area (Å²) in [6.45, 7) is 5.38. The van der Waals surface area contributed by atoms with Gasteiger partial charge in [-0.1, -0.05) is 97.9 Å². The van der Waals surface area contributed by atoms with E-state index in [2.05, 4.69) is 117 Å². The van der Waals surface area contributed by atoms with Crippen molar-refractivity contribution in [3.8, 4) is 0 Å². The summed E-state index contributed by atoms with van der Waals surface area (Å²) in [7, 11) is -0.575. The van der Waals surface area contributed by atoms with Crippen molar-refractivity contribution in [1.82, 2.24) is 4.90 Å². The van der Waals surface area contributed by atoms with Crippen LogP contribution in [-0.4, -0.2) is 42.9 Å². The summed E-state index contributed by atoms with van der Waals surface area (Å²) in [5.41, 5.74) is 0. The van der Waals surface area contributed by atoms with Gasteiger partial charge < -0.3 is 10.0 Å². The van der Waals surface area contributed by atoms with Crippen molar-refractivity contribution in [3.05, 3.63) is 91.0 Å². The van der Waals surface area contributed by atoms with Gasteiger partial charge in [-0.05, 0) is 41.9 Å². The summed E-state index contributed by atoms with van der Waals surface area (Å²) in [5, 5.41) is 15.8. The van der Waals surface area contributed by atoms with Crippen LogP contribution in [0, 0.1) is 5.92 Å². The van der Waals surface area contributed by atoms with E-state index in [-0.39, 0.29) is 5.92 Å². The van der Waals surface area contributed by atoms with Crippen molar-refractivity contribution in [2.75, 3.05) is 13.6 Å². The van der Waals surface area contributed by atoms with Crippen LogP contribution in [0.25, 0.3) is 0 Å². The molecule has 0 aliphatic carbocycles. The van der Waals surface area contributed by atoms with Crippen molar-refractivity contribution in [1.29, 1.82) is 0 Å². The minimum absolute atomic E-state index is 0.163. The molecule has 1 fully saturated rings. The monoisotopic (exact) mass is 401 g/mol. The molecule has 1 N–H and O–H groups in total. The molecule has 3 aromatic carbocycles. The third kappa shape index (κ3) is 3.18. The van der Waals surface area contributed by atoms with Crippen molar-refractivity contribution in [2.45, 2.75) is 31.5 Å². The smallest absolute Gasteiger partial charge is 0.183 e. The molecule has 2 nitrogen and oxygen atoms in total. The number of rotatable bonds is 4. The lowest BCUT2D eigenvalue weighted by molar-refractivity contribution is -0.0219. The fraction of sp³-hybridized carbons (Fsp3) is 0.308. The Balaban J connectivity index is 2.09. The Labute approximate surface area is 175 Å². The van der Waals surface area contributed by atoms with Crippen LogP contribution in [0.5, 0.6) is 0 Å². The van der Waals surface area contributed by atoms with Crippen LogP contribution in [0.15, 0.2) is 91.0 Å². The highest BCUT2D eigenvalue weighted by Gasteiger charge is 2.60. The van der Waals surface area contributed by atoms with Gasteiger partial charge in [0.1, 0.15) is 0 Å². The molecular formula is C26H31NOSi. The van der Waals surface area contributed by atoms with E-state index in [1.807, 2.05) is 0 Å². The zero-order chi connectivity index (χ0) is 20.5. The van der Waals surface area contributed by atoms with Gasteiger partial charge in [0, 0.05) is 12.6 Å². The topological polar surface area (TPSA) is 23.5 Å². The third-order valence-electron chi connectivity index (χ3n) is 7.01. The maximum Gasteiger partial charge on any atom is 0.183 e. The third-order valence-corrected chi connectivity index (χ3v) is 12.6. The molecule has 0 amide bonds. The summed E-state index contributed by atoms with van der Waals surface area (Å²) < 4.78 is 0. The molecule has 3 atom stereocenters. The highest BCUT2D eigenvalue weighted by atomic mass is 28.3. The first kappa shape index (κ1) is 20.1. The maximum atomic E-state index is 12.7. The van der Waals surface area contributed by atoms with Gasteiger partial charge in [0.2, 0.25) is 0 Å². The fourth-order valence-corrected chi connectivity index (χ4v) is 11.4. The van der Waals surface area contributed by atoms with Crippen LogP contribution < -0.4 is 15.6 Å². The van der Waals surface area contributed by atoms with Gasteiger partial charge in [0.15, 0.2) is 8.07 Å². The highest BCUT2D eigenvalue weighted by Crippen LogP contribution is 2.38. The van der Waals surface area contributed by atoms with Gasteiger partial charge >= 0.3 is 0 Å². The van der Waals surface area contributed by atoms with E-state index in [4.69, 9.17) is 0 Å². The maximum absolute atomic E-state index is 12.7. The second kappa shape index (κ2) is 7.90. The van der Waals surface area contributed by atoms with Crippen LogP contribution in [-0.2, 0) is 0 Å². The molecule has 3 aromatic rings. The number of benzene rings is 3. The van der Waals surface area contributed by atoms with Gasteiger partial charge in [0.05, 0.1) is 5.22 Å². The van der Waals surface area contributed by atoms with E-state index >= 15 is 0 Å². The molecule has 1 aliphatic rings. The predicted octanol–water partition coefficient (Wildman–Crippen LogP) is 2.79. The molecule has 0 bridgehead atoms. The van der Waals surface area contributed by atoms with Gasteiger partial charge in [-0.3, -0.25) is 0 Å². The Hall–Kier alpha value is -2.20. The summed E-state index contributed by atoms with van der Waals surface area (Å²) in [4.78, 5) is 2.39. The molecule has 0 radical (unpaired) electrons. The highest BCUT2D eigenvalue weighted by molar-refractivity contribution is 7.13. The lowest BCUT2D eigenvalue weighted by Crippen LogP contribution is -2.83. The van der Waals surface area contributed by atoms with E-state index in [1.165, 1.54) is 15.6 Å². The van der Waals surface area contributed by atoms with Crippen molar-refractivity contribution >= 4 is 23.6 Å². The number of likely N-dealkylation sites (tertiary alicyclic amines) is 1. The number of hydrogen-bond donors (Lipinski definition) is 1. The molecular weight excluding hydrogens is 370 g/mol. The standard InChI is InChI=1S/C26H31NOSi/c1-21-20-27(3)22(2)19-26(21,28)29(23-13-7-4-8-14-23,24-15-9-5-10-16-24)25-17-11-6-12-18-25/h4-18,21-22,28H,19-20H2,1-3H3/t21-,22+,26+/m0/s1. The first-order chi connectivity index (χ1) is 14.0. The zero-order valence-electron chi connectivity index (χ0n) is 17.6. The molecule has 0 spiro atoms. The molecule has 1 saturated heterocycles. The second-order valence-electron chi connectivity index (χ2n) is 8.67. The fourth-order valence-electron chi connectivity index (χ4n) is 5.41. The van der Waals surface area contributed by atoms with Crippen molar-refractivity contribution < 1.29 is 5.11 Å². The summed E-state index contributed by atoms with van der Waals surface area (Å²) in [5.74, 6) is 0.163. The average molecular weight is 402 g/mol. The van der Waals surface area contributed by atoms with Gasteiger partial charge in [-0.25, -0.2) is 0 Å². The van der Waals surface area contributed by atoms with E-state index in [9.17, 15) is 5.11 Å². The van der Waals surface area contributed by atoms with E-state index < -0.39 is 13.3 Å². The van der Waals surface area contributed by atoms with Crippen molar-refractivity contribution in [2.24, 2.45) is 5.92 Å². The Bertz CT molecular complexity index is 834. The Kier molecular flexibility index (Phi) is 5.47. The van der Waals surface area contributed by atoms with Crippen LogP contribution in [0.2, 0.25) is 0 Å². The number of piperidine rings is 1. The van der Waals surface area contributed by atoms with Gasteiger partial charge in [-0.2, -0.15) is 0 Å². The number of aliphatic hydroxyl groups is 1. The van der Waals surface area contributed by atoms with Crippen LogP contribution in [0.4, 0.5) is 0 Å². The van der Waals surface area contributed by atoms with Gasteiger partial charge in [0.25, 0.3) is 0 Å². The minimum Gasteiger partial charge on any atom is -0.392 e. The molecule has 150 valence electrons. The first-order valence-electron chi connectivity index (χ1n) is 10.6. The summed E-state index contributed by atoms with van der Waals surface area (Å²) in [6, 6.07) is 32.7. The molecule has 0 unspecified atom stereocenters. The normalized spacial score (nSPS) is 25.7. The largest absolute Gasteiger partial charge is 0.392 e.